The number of amides is 2. The molecule has 0 spiro atoms. The van der Waals surface area contributed by atoms with Crippen LogP contribution >= 0.6 is 11.3 Å². The van der Waals surface area contributed by atoms with Gasteiger partial charge < -0.3 is 0 Å². The van der Waals surface area contributed by atoms with Gasteiger partial charge in [-0.15, -0.1) is 11.3 Å². The highest BCUT2D eigenvalue weighted by Crippen LogP contribution is 2.27. The van der Waals surface area contributed by atoms with Gasteiger partial charge >= 0.3 is 0 Å². The number of carbonyl (C=O) groups excluding carboxylic acids is 2. The number of benzene rings is 1. The van der Waals surface area contributed by atoms with E-state index in [0.29, 0.717) is 10.6 Å². The Balaban J connectivity index is 1.64. The van der Waals surface area contributed by atoms with E-state index in [1.165, 1.54) is 11.3 Å². The summed E-state index contributed by atoms with van der Waals surface area (Å²) >= 11 is 1.23. The third-order valence-electron chi connectivity index (χ3n) is 3.93. The van der Waals surface area contributed by atoms with E-state index in [2.05, 4.69) is 15.8 Å². The van der Waals surface area contributed by atoms with Crippen molar-refractivity contribution in [3.63, 3.8) is 0 Å². The Hall–Kier alpha value is -2.26. The highest BCUT2D eigenvalue weighted by Gasteiger charge is 2.33. The lowest BCUT2D eigenvalue weighted by molar-refractivity contribution is -0.125. The molecule has 0 radical (unpaired) electrons. The van der Waals surface area contributed by atoms with E-state index in [0.717, 1.165) is 10.6 Å². The summed E-state index contributed by atoms with van der Waals surface area (Å²) in [5.74, 6) is -1.74. The van der Waals surface area contributed by atoms with Gasteiger partial charge in [0.1, 0.15) is 9.88 Å². The highest BCUT2D eigenvalue weighted by molar-refractivity contribution is 7.91. The minimum atomic E-state index is -3.15. The largest absolute Gasteiger partial charge is 0.281 e. The van der Waals surface area contributed by atoms with E-state index < -0.39 is 27.6 Å². The van der Waals surface area contributed by atoms with Crippen LogP contribution in [-0.2, 0) is 14.6 Å². The van der Waals surface area contributed by atoms with Crippen LogP contribution in [0.15, 0.2) is 30.3 Å². The quantitative estimate of drug-likeness (QED) is 0.783. The molecule has 7 nitrogen and oxygen atoms in total. The molecular weight excluding hydrogens is 362 g/mol. The molecule has 132 valence electrons. The lowest BCUT2D eigenvalue weighted by atomic mass is 10.1. The van der Waals surface area contributed by atoms with Gasteiger partial charge in [0, 0.05) is 5.56 Å². The van der Waals surface area contributed by atoms with E-state index >= 15 is 0 Å². The molecule has 1 atom stereocenters. The van der Waals surface area contributed by atoms with Crippen molar-refractivity contribution in [3.8, 4) is 10.6 Å². The van der Waals surface area contributed by atoms with Crippen LogP contribution in [-0.4, -0.2) is 36.7 Å². The van der Waals surface area contributed by atoms with Crippen LogP contribution in [0.25, 0.3) is 10.6 Å². The maximum Gasteiger partial charge on any atom is 0.281 e. The number of thiazole rings is 1. The topological polar surface area (TPSA) is 105 Å². The molecule has 9 heteroatoms. The van der Waals surface area contributed by atoms with Crippen LogP contribution in [0.1, 0.15) is 21.8 Å². The van der Waals surface area contributed by atoms with Crippen molar-refractivity contribution in [2.45, 2.75) is 13.3 Å². The summed E-state index contributed by atoms with van der Waals surface area (Å²) in [6.07, 6.45) is 0.280. The fourth-order valence-corrected chi connectivity index (χ4v) is 5.30. The first kappa shape index (κ1) is 17.6. The Labute approximate surface area is 149 Å². The molecule has 3 rings (SSSR count). The number of nitrogens with one attached hydrogen (secondary N) is 2. The standard InChI is InChI=1S/C16H17N3O4S2/c1-10-13(24-16(17-10)11-5-3-2-4-6-11)15(21)19-18-14(20)12-7-8-25(22,23)9-12/h2-6,12H,7-9H2,1H3,(H,18,20)(H,19,21)/t12-/m1/s1. The Morgan fingerprint density at radius 1 is 1.20 bits per heavy atom. The van der Waals surface area contributed by atoms with Crippen molar-refractivity contribution in [2.24, 2.45) is 5.92 Å². The molecule has 2 aromatic rings. The van der Waals surface area contributed by atoms with Crippen molar-refractivity contribution in [1.82, 2.24) is 15.8 Å². The summed E-state index contributed by atoms with van der Waals surface area (Å²) in [7, 11) is -3.15. The Bertz CT molecular complexity index is 907. The minimum Gasteiger partial charge on any atom is -0.273 e. The fraction of sp³-hybridized carbons (Fsp3) is 0.312. The third-order valence-corrected chi connectivity index (χ3v) is 6.90. The molecule has 0 unspecified atom stereocenters. The molecule has 1 aliphatic heterocycles. The van der Waals surface area contributed by atoms with E-state index in [4.69, 9.17) is 0 Å². The average molecular weight is 379 g/mol. The van der Waals surface area contributed by atoms with Crippen molar-refractivity contribution < 1.29 is 18.0 Å². The maximum atomic E-state index is 12.3. The van der Waals surface area contributed by atoms with Crippen molar-refractivity contribution >= 4 is 33.0 Å². The minimum absolute atomic E-state index is 0.00736. The number of sulfone groups is 1. The second-order valence-electron chi connectivity index (χ2n) is 5.84. The van der Waals surface area contributed by atoms with Crippen LogP contribution in [0, 0.1) is 12.8 Å². The van der Waals surface area contributed by atoms with E-state index in [9.17, 15) is 18.0 Å². The first-order valence-electron chi connectivity index (χ1n) is 7.69. The van der Waals surface area contributed by atoms with Gasteiger partial charge in [-0.2, -0.15) is 0 Å². The zero-order valence-electron chi connectivity index (χ0n) is 13.5. The summed E-state index contributed by atoms with van der Waals surface area (Å²) in [5, 5.41) is 0.719. The number of hydrazine groups is 1. The molecule has 2 amide bonds. The molecule has 2 N–H and O–H groups in total. The van der Waals surface area contributed by atoms with Gasteiger partial charge in [0.05, 0.1) is 23.1 Å². The van der Waals surface area contributed by atoms with Gasteiger partial charge in [-0.3, -0.25) is 20.4 Å². The lowest BCUT2D eigenvalue weighted by Crippen LogP contribution is -2.44. The molecule has 0 aliphatic carbocycles. The van der Waals surface area contributed by atoms with Gasteiger partial charge in [0.25, 0.3) is 5.91 Å². The summed E-state index contributed by atoms with van der Waals surface area (Å²) in [6.45, 7) is 1.73. The van der Waals surface area contributed by atoms with E-state index in [1.807, 2.05) is 30.3 Å². The average Bonchev–Trinajstić information content (AvgIpc) is 3.15. The van der Waals surface area contributed by atoms with Gasteiger partial charge in [-0.1, -0.05) is 30.3 Å². The van der Waals surface area contributed by atoms with Crippen LogP contribution in [0.3, 0.4) is 0 Å². The summed E-state index contributed by atoms with van der Waals surface area (Å²) in [5.41, 5.74) is 6.14. The van der Waals surface area contributed by atoms with Gasteiger partial charge in [0.15, 0.2) is 9.84 Å². The number of hydrogen-bond acceptors (Lipinski definition) is 6. The molecule has 25 heavy (non-hydrogen) atoms. The number of carbonyl (C=O) groups is 2. The summed E-state index contributed by atoms with van der Waals surface area (Å²) in [6, 6.07) is 9.49. The summed E-state index contributed by atoms with van der Waals surface area (Å²) < 4.78 is 22.8. The first-order chi connectivity index (χ1) is 11.9. The number of nitrogens with zero attached hydrogens (tertiary/aromatic N) is 1. The van der Waals surface area contributed by atoms with Crippen LogP contribution in [0.5, 0.6) is 0 Å². The molecule has 1 fully saturated rings. The smallest absolute Gasteiger partial charge is 0.273 e. The predicted octanol–water partition coefficient (Wildman–Crippen LogP) is 1.31. The molecule has 1 saturated heterocycles. The van der Waals surface area contributed by atoms with Gasteiger partial charge in [0.2, 0.25) is 5.91 Å². The van der Waals surface area contributed by atoms with Crippen molar-refractivity contribution in [3.05, 3.63) is 40.9 Å². The van der Waals surface area contributed by atoms with Crippen molar-refractivity contribution in [2.75, 3.05) is 11.5 Å². The van der Waals surface area contributed by atoms with Crippen LogP contribution < -0.4 is 10.9 Å². The number of aryl methyl sites for hydroxylation is 1. The van der Waals surface area contributed by atoms with Crippen molar-refractivity contribution in [1.29, 1.82) is 0 Å². The molecule has 0 saturated carbocycles. The second kappa shape index (κ2) is 6.93. The fourth-order valence-electron chi connectivity index (χ4n) is 2.59. The SMILES string of the molecule is Cc1nc(-c2ccccc2)sc1C(=O)NNC(=O)[C@@H]1CCS(=O)(=O)C1. The lowest BCUT2D eigenvalue weighted by Gasteiger charge is -2.10. The maximum absolute atomic E-state index is 12.3. The third kappa shape index (κ3) is 4.05. The Morgan fingerprint density at radius 2 is 1.92 bits per heavy atom. The Kier molecular flexibility index (Phi) is 4.87. The highest BCUT2D eigenvalue weighted by atomic mass is 32.2. The zero-order valence-corrected chi connectivity index (χ0v) is 15.1. The number of rotatable bonds is 3. The first-order valence-corrected chi connectivity index (χ1v) is 10.3. The number of aromatic nitrogens is 1. The Morgan fingerprint density at radius 3 is 2.56 bits per heavy atom. The van der Waals surface area contributed by atoms with E-state index in [1.54, 1.807) is 6.92 Å². The molecule has 1 aromatic carbocycles. The summed E-state index contributed by atoms with van der Waals surface area (Å²) in [4.78, 5) is 29.1. The number of hydrogen-bond donors (Lipinski definition) is 2. The molecular formula is C16H17N3O4S2. The molecule has 2 heterocycles. The van der Waals surface area contributed by atoms with E-state index in [-0.39, 0.29) is 17.9 Å². The van der Waals surface area contributed by atoms with Gasteiger partial charge in [-0.25, -0.2) is 13.4 Å². The second-order valence-corrected chi connectivity index (χ2v) is 9.07. The monoisotopic (exact) mass is 379 g/mol. The van der Waals surface area contributed by atoms with Crippen LogP contribution in [0.4, 0.5) is 0 Å². The van der Waals surface area contributed by atoms with Crippen LogP contribution in [0.2, 0.25) is 0 Å². The predicted molar refractivity (Wildman–Crippen MR) is 94.7 cm³/mol. The molecule has 1 aromatic heterocycles. The normalized spacial score (nSPS) is 18.7. The van der Waals surface area contributed by atoms with Gasteiger partial charge in [-0.05, 0) is 13.3 Å². The zero-order chi connectivity index (χ0) is 18.0. The molecule has 0 bridgehead atoms. The molecule has 1 aliphatic rings.